The van der Waals surface area contributed by atoms with Crippen LogP contribution in [0.4, 0.5) is 0 Å². The van der Waals surface area contributed by atoms with Crippen molar-refractivity contribution in [2.24, 2.45) is 5.92 Å². The lowest BCUT2D eigenvalue weighted by atomic mass is 9.99. The standard InChI is InChI=1S/C10H13NO2S2/c12-10(13)8-6-11-9(15-8)5-7-1-3-14-4-2-7/h6-7H,1-5H2,(H,12,13). The van der Waals surface area contributed by atoms with Gasteiger partial charge in [-0.1, -0.05) is 0 Å². The number of thiazole rings is 1. The smallest absolute Gasteiger partial charge is 0.347 e. The van der Waals surface area contributed by atoms with E-state index < -0.39 is 5.97 Å². The molecule has 0 aromatic carbocycles. The maximum absolute atomic E-state index is 10.7. The highest BCUT2D eigenvalue weighted by atomic mass is 32.2. The molecule has 0 unspecified atom stereocenters. The largest absolute Gasteiger partial charge is 0.477 e. The number of hydrogen-bond donors (Lipinski definition) is 1. The molecule has 1 fully saturated rings. The van der Waals surface area contributed by atoms with E-state index in [2.05, 4.69) is 4.98 Å². The highest BCUT2D eigenvalue weighted by Crippen LogP contribution is 2.27. The van der Waals surface area contributed by atoms with Crippen molar-refractivity contribution in [1.29, 1.82) is 0 Å². The minimum absolute atomic E-state index is 0.357. The van der Waals surface area contributed by atoms with Gasteiger partial charge in [0, 0.05) is 6.42 Å². The van der Waals surface area contributed by atoms with E-state index in [9.17, 15) is 4.79 Å². The summed E-state index contributed by atoms with van der Waals surface area (Å²) < 4.78 is 0. The monoisotopic (exact) mass is 243 g/mol. The lowest BCUT2D eigenvalue weighted by molar-refractivity contribution is 0.0702. The van der Waals surface area contributed by atoms with E-state index in [-0.39, 0.29) is 0 Å². The van der Waals surface area contributed by atoms with Gasteiger partial charge in [-0.05, 0) is 30.3 Å². The average molecular weight is 243 g/mol. The number of aromatic carboxylic acids is 1. The van der Waals surface area contributed by atoms with Crippen molar-refractivity contribution >= 4 is 29.1 Å². The van der Waals surface area contributed by atoms with Crippen LogP contribution in [0.15, 0.2) is 6.20 Å². The molecule has 0 bridgehead atoms. The van der Waals surface area contributed by atoms with Crippen LogP contribution < -0.4 is 0 Å². The third-order valence-electron chi connectivity index (χ3n) is 2.57. The Labute approximate surface area is 96.9 Å². The van der Waals surface area contributed by atoms with Gasteiger partial charge in [-0.15, -0.1) is 11.3 Å². The maximum atomic E-state index is 10.7. The zero-order chi connectivity index (χ0) is 10.7. The zero-order valence-electron chi connectivity index (χ0n) is 8.31. The molecule has 3 nitrogen and oxygen atoms in total. The maximum Gasteiger partial charge on any atom is 0.347 e. The quantitative estimate of drug-likeness (QED) is 0.886. The van der Waals surface area contributed by atoms with E-state index in [4.69, 9.17) is 5.11 Å². The number of nitrogens with zero attached hydrogens (tertiary/aromatic N) is 1. The summed E-state index contributed by atoms with van der Waals surface area (Å²) in [6.45, 7) is 0. The van der Waals surface area contributed by atoms with Crippen molar-refractivity contribution < 1.29 is 9.90 Å². The van der Waals surface area contributed by atoms with Crippen LogP contribution in [0, 0.1) is 5.92 Å². The number of rotatable bonds is 3. The third kappa shape index (κ3) is 2.95. The predicted octanol–water partition coefficient (Wildman–Crippen LogP) is 2.53. The summed E-state index contributed by atoms with van der Waals surface area (Å²) in [6.07, 6.45) is 4.91. The van der Waals surface area contributed by atoms with E-state index in [1.807, 2.05) is 11.8 Å². The van der Waals surface area contributed by atoms with Crippen molar-refractivity contribution in [3.8, 4) is 0 Å². The number of thioether (sulfide) groups is 1. The van der Waals surface area contributed by atoms with Crippen molar-refractivity contribution in [2.75, 3.05) is 11.5 Å². The topological polar surface area (TPSA) is 50.2 Å². The van der Waals surface area contributed by atoms with E-state index in [0.29, 0.717) is 10.8 Å². The Kier molecular flexibility index (Phi) is 3.64. The Balaban J connectivity index is 1.94. The summed E-state index contributed by atoms with van der Waals surface area (Å²) in [5, 5.41) is 9.75. The molecule has 0 saturated carbocycles. The van der Waals surface area contributed by atoms with Crippen LogP contribution in [-0.2, 0) is 6.42 Å². The Morgan fingerprint density at radius 3 is 2.87 bits per heavy atom. The fourth-order valence-corrected chi connectivity index (χ4v) is 3.78. The molecule has 1 aliphatic heterocycles. The Hall–Kier alpha value is -0.550. The third-order valence-corrected chi connectivity index (χ3v) is 4.62. The molecular weight excluding hydrogens is 230 g/mol. The number of aromatic nitrogens is 1. The van der Waals surface area contributed by atoms with Crippen LogP contribution in [0.5, 0.6) is 0 Å². The molecule has 82 valence electrons. The fraction of sp³-hybridized carbons (Fsp3) is 0.600. The first-order chi connectivity index (χ1) is 7.25. The summed E-state index contributed by atoms with van der Waals surface area (Å²) in [4.78, 5) is 15.2. The molecular formula is C10H13NO2S2. The number of carboxylic acid groups (broad SMARTS) is 1. The van der Waals surface area contributed by atoms with Crippen LogP contribution >= 0.6 is 23.1 Å². The second kappa shape index (κ2) is 4.99. The van der Waals surface area contributed by atoms with E-state index >= 15 is 0 Å². The Bertz CT molecular complexity index is 345. The van der Waals surface area contributed by atoms with Gasteiger partial charge in [0.25, 0.3) is 0 Å². The molecule has 2 heterocycles. The highest BCUT2D eigenvalue weighted by molar-refractivity contribution is 7.99. The van der Waals surface area contributed by atoms with Gasteiger partial charge in [0.1, 0.15) is 4.88 Å². The molecule has 0 atom stereocenters. The first-order valence-electron chi connectivity index (χ1n) is 5.01. The van der Waals surface area contributed by atoms with Crippen molar-refractivity contribution in [1.82, 2.24) is 4.98 Å². The van der Waals surface area contributed by atoms with Crippen molar-refractivity contribution in [2.45, 2.75) is 19.3 Å². The van der Waals surface area contributed by atoms with Crippen LogP contribution in [0.3, 0.4) is 0 Å². The summed E-state index contributed by atoms with van der Waals surface area (Å²) in [7, 11) is 0. The molecule has 0 spiro atoms. The highest BCUT2D eigenvalue weighted by Gasteiger charge is 2.17. The van der Waals surface area contributed by atoms with Crippen LogP contribution in [-0.4, -0.2) is 27.6 Å². The van der Waals surface area contributed by atoms with Gasteiger partial charge in [-0.25, -0.2) is 9.78 Å². The molecule has 1 aromatic heterocycles. The van der Waals surface area contributed by atoms with Gasteiger partial charge in [0.2, 0.25) is 0 Å². The van der Waals surface area contributed by atoms with E-state index in [0.717, 1.165) is 11.4 Å². The molecule has 2 rings (SSSR count). The minimum atomic E-state index is -0.863. The van der Waals surface area contributed by atoms with E-state index in [1.54, 1.807) is 0 Å². The van der Waals surface area contributed by atoms with Gasteiger partial charge < -0.3 is 5.11 Å². The van der Waals surface area contributed by atoms with E-state index in [1.165, 1.54) is 41.9 Å². The van der Waals surface area contributed by atoms with Crippen molar-refractivity contribution in [3.63, 3.8) is 0 Å². The second-order valence-corrected chi connectivity index (χ2v) is 6.02. The number of hydrogen-bond acceptors (Lipinski definition) is 4. The lowest BCUT2D eigenvalue weighted by Gasteiger charge is -2.19. The molecule has 0 aliphatic carbocycles. The van der Waals surface area contributed by atoms with Crippen LogP contribution in [0.1, 0.15) is 27.5 Å². The fourth-order valence-electron chi connectivity index (χ4n) is 1.70. The van der Waals surface area contributed by atoms with Crippen LogP contribution in [0.25, 0.3) is 0 Å². The molecule has 1 saturated heterocycles. The molecule has 15 heavy (non-hydrogen) atoms. The molecule has 1 aromatic rings. The summed E-state index contributed by atoms with van der Waals surface area (Å²) >= 11 is 3.33. The summed E-state index contributed by atoms with van der Waals surface area (Å²) in [5.74, 6) is 2.32. The van der Waals surface area contributed by atoms with Gasteiger partial charge in [0.05, 0.1) is 11.2 Å². The Morgan fingerprint density at radius 1 is 1.53 bits per heavy atom. The Morgan fingerprint density at radius 2 is 2.27 bits per heavy atom. The second-order valence-electron chi connectivity index (χ2n) is 3.68. The first-order valence-corrected chi connectivity index (χ1v) is 6.98. The van der Waals surface area contributed by atoms with Gasteiger partial charge in [-0.3, -0.25) is 0 Å². The van der Waals surface area contributed by atoms with Crippen LogP contribution in [0.2, 0.25) is 0 Å². The predicted molar refractivity (Wildman–Crippen MR) is 62.8 cm³/mol. The zero-order valence-corrected chi connectivity index (χ0v) is 9.94. The summed E-state index contributed by atoms with van der Waals surface area (Å²) in [5.41, 5.74) is 0. The number of carboxylic acids is 1. The molecule has 0 radical (unpaired) electrons. The lowest BCUT2D eigenvalue weighted by Crippen LogP contribution is -2.11. The number of carbonyl (C=O) groups is 1. The van der Waals surface area contributed by atoms with Gasteiger partial charge in [-0.2, -0.15) is 11.8 Å². The molecule has 5 heteroatoms. The SMILES string of the molecule is O=C(O)c1cnc(CC2CCSCC2)s1. The van der Waals surface area contributed by atoms with Gasteiger partial charge >= 0.3 is 5.97 Å². The van der Waals surface area contributed by atoms with Gasteiger partial charge in [0.15, 0.2) is 0 Å². The molecule has 0 amide bonds. The summed E-state index contributed by atoms with van der Waals surface area (Å²) in [6, 6.07) is 0. The average Bonchev–Trinajstić information content (AvgIpc) is 2.68. The first kappa shape index (κ1) is 11.0. The molecule has 1 N–H and O–H groups in total. The van der Waals surface area contributed by atoms with Crippen molar-refractivity contribution in [3.05, 3.63) is 16.1 Å². The normalized spacial score (nSPS) is 17.9. The molecule has 1 aliphatic rings. The minimum Gasteiger partial charge on any atom is -0.477 e.